The summed E-state index contributed by atoms with van der Waals surface area (Å²) in [6, 6.07) is 16.4. The highest BCUT2D eigenvalue weighted by atomic mass is 14.6. The summed E-state index contributed by atoms with van der Waals surface area (Å²) in [6.45, 7) is 2.63. The minimum Gasteiger partial charge on any atom is -0.326 e. The van der Waals surface area contributed by atoms with Crippen LogP contribution in [0.3, 0.4) is 0 Å². The Bertz CT molecular complexity index is 506. The first kappa shape index (κ1) is 11.8. The van der Waals surface area contributed by atoms with Crippen molar-refractivity contribution in [2.45, 2.75) is 19.5 Å². The van der Waals surface area contributed by atoms with Gasteiger partial charge < -0.3 is 11.5 Å². The molecule has 0 radical (unpaired) electrons. The molecule has 0 heterocycles. The summed E-state index contributed by atoms with van der Waals surface area (Å²) < 4.78 is 0. The lowest BCUT2D eigenvalue weighted by Gasteiger charge is -2.14. The largest absolute Gasteiger partial charge is 0.326 e. The summed E-state index contributed by atoms with van der Waals surface area (Å²) in [5.41, 5.74) is 16.5. The molecule has 0 amide bonds. The van der Waals surface area contributed by atoms with Crippen LogP contribution in [0.5, 0.6) is 0 Å². The van der Waals surface area contributed by atoms with Gasteiger partial charge in [0.05, 0.1) is 6.04 Å². The molecule has 0 aliphatic rings. The van der Waals surface area contributed by atoms with E-state index in [1.807, 2.05) is 24.3 Å². The van der Waals surface area contributed by atoms with Crippen molar-refractivity contribution in [1.82, 2.24) is 0 Å². The van der Waals surface area contributed by atoms with Crippen molar-refractivity contribution in [2.75, 3.05) is 0 Å². The van der Waals surface area contributed by atoms with Crippen molar-refractivity contribution in [3.8, 4) is 0 Å². The van der Waals surface area contributed by atoms with E-state index in [1.165, 1.54) is 5.56 Å². The molecule has 0 spiro atoms. The standard InChI is InChI=1S/C15H18N2/c1-11-4-2-6-13(8-11)15(17)14-7-3-5-12(9-14)10-16/h2-9,15H,10,16-17H2,1H3. The van der Waals surface area contributed by atoms with Gasteiger partial charge in [-0.25, -0.2) is 0 Å². The monoisotopic (exact) mass is 226 g/mol. The maximum Gasteiger partial charge on any atom is 0.0551 e. The van der Waals surface area contributed by atoms with Gasteiger partial charge in [-0.3, -0.25) is 0 Å². The molecule has 0 bridgehead atoms. The normalized spacial score (nSPS) is 12.4. The Kier molecular flexibility index (Phi) is 3.57. The summed E-state index contributed by atoms with van der Waals surface area (Å²) in [5, 5.41) is 0. The van der Waals surface area contributed by atoms with Crippen LogP contribution in [0.1, 0.15) is 28.3 Å². The third-order valence-corrected chi connectivity index (χ3v) is 2.95. The minimum absolute atomic E-state index is 0.0820. The number of aryl methyl sites for hydroxylation is 1. The lowest BCUT2D eigenvalue weighted by molar-refractivity contribution is 0.864. The summed E-state index contributed by atoms with van der Waals surface area (Å²) >= 11 is 0. The van der Waals surface area contributed by atoms with Crippen molar-refractivity contribution >= 4 is 0 Å². The summed E-state index contributed by atoms with van der Waals surface area (Å²) in [6.07, 6.45) is 0. The quantitative estimate of drug-likeness (QED) is 0.845. The third kappa shape index (κ3) is 2.73. The van der Waals surface area contributed by atoms with Crippen LogP contribution in [0.4, 0.5) is 0 Å². The molecule has 2 rings (SSSR count). The molecule has 0 saturated carbocycles. The summed E-state index contributed by atoms with van der Waals surface area (Å²) in [7, 11) is 0. The van der Waals surface area contributed by atoms with Gasteiger partial charge in [-0.2, -0.15) is 0 Å². The predicted molar refractivity (Wildman–Crippen MR) is 71.5 cm³/mol. The Morgan fingerprint density at radius 1 is 1.00 bits per heavy atom. The highest BCUT2D eigenvalue weighted by Gasteiger charge is 2.08. The van der Waals surface area contributed by atoms with Crippen LogP contribution in [0, 0.1) is 6.92 Å². The molecule has 2 aromatic carbocycles. The highest BCUT2D eigenvalue weighted by molar-refractivity contribution is 5.35. The molecule has 2 aromatic rings. The second-order valence-electron chi connectivity index (χ2n) is 4.34. The molecule has 17 heavy (non-hydrogen) atoms. The fraction of sp³-hybridized carbons (Fsp3) is 0.200. The second-order valence-corrected chi connectivity index (χ2v) is 4.34. The number of hydrogen-bond acceptors (Lipinski definition) is 2. The first-order valence-electron chi connectivity index (χ1n) is 5.82. The average molecular weight is 226 g/mol. The Hall–Kier alpha value is -1.64. The van der Waals surface area contributed by atoms with Gasteiger partial charge >= 0.3 is 0 Å². The maximum absolute atomic E-state index is 6.27. The summed E-state index contributed by atoms with van der Waals surface area (Å²) in [5.74, 6) is 0. The molecule has 4 N–H and O–H groups in total. The van der Waals surface area contributed by atoms with Gasteiger partial charge in [-0.1, -0.05) is 54.1 Å². The number of nitrogens with two attached hydrogens (primary N) is 2. The van der Waals surface area contributed by atoms with Gasteiger partial charge in [0.25, 0.3) is 0 Å². The van der Waals surface area contributed by atoms with Crippen LogP contribution in [0.15, 0.2) is 48.5 Å². The van der Waals surface area contributed by atoms with Crippen LogP contribution < -0.4 is 11.5 Å². The number of hydrogen-bond donors (Lipinski definition) is 2. The first-order chi connectivity index (χ1) is 8.20. The molecule has 0 aromatic heterocycles. The van der Waals surface area contributed by atoms with Crippen molar-refractivity contribution in [2.24, 2.45) is 11.5 Å². The van der Waals surface area contributed by atoms with Crippen LogP contribution in [0.25, 0.3) is 0 Å². The van der Waals surface area contributed by atoms with Crippen LogP contribution >= 0.6 is 0 Å². The van der Waals surface area contributed by atoms with Crippen molar-refractivity contribution < 1.29 is 0 Å². The lowest BCUT2D eigenvalue weighted by atomic mass is 9.97. The Labute approximate surface area is 102 Å². The van der Waals surface area contributed by atoms with E-state index in [1.54, 1.807) is 0 Å². The maximum atomic E-state index is 6.27. The van der Waals surface area contributed by atoms with Gasteiger partial charge in [0.15, 0.2) is 0 Å². The second kappa shape index (κ2) is 5.13. The molecular formula is C15H18N2. The smallest absolute Gasteiger partial charge is 0.0551 e. The zero-order chi connectivity index (χ0) is 12.3. The van der Waals surface area contributed by atoms with Crippen LogP contribution in [-0.2, 0) is 6.54 Å². The molecule has 0 fully saturated rings. The van der Waals surface area contributed by atoms with E-state index in [0.29, 0.717) is 6.54 Å². The van der Waals surface area contributed by atoms with Gasteiger partial charge in [-0.05, 0) is 23.6 Å². The number of benzene rings is 2. The van der Waals surface area contributed by atoms with Gasteiger partial charge in [0.2, 0.25) is 0 Å². The lowest BCUT2D eigenvalue weighted by Crippen LogP contribution is -2.12. The van der Waals surface area contributed by atoms with Crippen LogP contribution in [0.2, 0.25) is 0 Å². The Morgan fingerprint density at radius 3 is 2.29 bits per heavy atom. The van der Waals surface area contributed by atoms with Gasteiger partial charge in [0, 0.05) is 6.54 Å². The molecule has 0 aliphatic carbocycles. The molecule has 2 nitrogen and oxygen atoms in total. The van der Waals surface area contributed by atoms with E-state index in [-0.39, 0.29) is 6.04 Å². The molecule has 88 valence electrons. The average Bonchev–Trinajstić information content (AvgIpc) is 2.38. The topological polar surface area (TPSA) is 52.0 Å². The van der Waals surface area contributed by atoms with Crippen molar-refractivity contribution in [3.05, 3.63) is 70.8 Å². The SMILES string of the molecule is Cc1cccc(C(N)c2cccc(CN)c2)c1. The van der Waals surface area contributed by atoms with E-state index in [0.717, 1.165) is 16.7 Å². The molecule has 1 atom stereocenters. The van der Waals surface area contributed by atoms with Crippen molar-refractivity contribution in [1.29, 1.82) is 0 Å². The molecule has 0 aliphatic heterocycles. The van der Waals surface area contributed by atoms with Gasteiger partial charge in [-0.15, -0.1) is 0 Å². The van der Waals surface area contributed by atoms with Crippen LogP contribution in [-0.4, -0.2) is 0 Å². The molecular weight excluding hydrogens is 208 g/mol. The minimum atomic E-state index is -0.0820. The van der Waals surface area contributed by atoms with E-state index in [2.05, 4.69) is 31.2 Å². The van der Waals surface area contributed by atoms with E-state index in [9.17, 15) is 0 Å². The molecule has 0 saturated heterocycles. The van der Waals surface area contributed by atoms with E-state index >= 15 is 0 Å². The van der Waals surface area contributed by atoms with Crippen molar-refractivity contribution in [3.63, 3.8) is 0 Å². The van der Waals surface area contributed by atoms with E-state index in [4.69, 9.17) is 11.5 Å². The zero-order valence-corrected chi connectivity index (χ0v) is 10.1. The highest BCUT2D eigenvalue weighted by Crippen LogP contribution is 2.21. The zero-order valence-electron chi connectivity index (χ0n) is 10.1. The predicted octanol–water partition coefficient (Wildman–Crippen LogP) is 2.50. The Balaban J connectivity index is 2.33. The third-order valence-electron chi connectivity index (χ3n) is 2.95. The molecule has 2 heteroatoms. The van der Waals surface area contributed by atoms with E-state index < -0.39 is 0 Å². The fourth-order valence-electron chi connectivity index (χ4n) is 1.97. The summed E-state index contributed by atoms with van der Waals surface area (Å²) in [4.78, 5) is 0. The Morgan fingerprint density at radius 2 is 1.65 bits per heavy atom. The van der Waals surface area contributed by atoms with Gasteiger partial charge in [0.1, 0.15) is 0 Å². The first-order valence-corrected chi connectivity index (χ1v) is 5.82. The molecule has 1 unspecified atom stereocenters. The number of rotatable bonds is 3. The fourth-order valence-corrected chi connectivity index (χ4v) is 1.97.